The second kappa shape index (κ2) is 7.93. The maximum atomic E-state index is 12.6. The Kier molecular flexibility index (Phi) is 5.29. The van der Waals surface area contributed by atoms with Crippen LogP contribution in [0.15, 0.2) is 18.2 Å². The van der Waals surface area contributed by atoms with E-state index >= 15 is 0 Å². The average Bonchev–Trinajstić information content (AvgIpc) is 3.31. The molecule has 9 nitrogen and oxygen atoms in total. The third-order valence-corrected chi connectivity index (χ3v) is 4.95. The lowest BCUT2D eigenvalue weighted by Gasteiger charge is -2.13. The molecule has 31 heavy (non-hydrogen) atoms. The molecule has 0 unspecified atom stereocenters. The molecule has 0 saturated heterocycles. The third-order valence-electron chi connectivity index (χ3n) is 4.95. The predicted octanol–water partition coefficient (Wildman–Crippen LogP) is 2.71. The Bertz CT molecular complexity index is 1150. The quantitative estimate of drug-likeness (QED) is 0.594. The summed E-state index contributed by atoms with van der Waals surface area (Å²) in [5.74, 6) is -1.52. The number of fused-ring (bicyclic) bond motifs is 2. The number of aromatic amines is 1. The van der Waals surface area contributed by atoms with Gasteiger partial charge >= 0.3 is 12.3 Å². The number of carbonyl (C=O) groups excluding carboxylic acids is 2. The van der Waals surface area contributed by atoms with Crippen molar-refractivity contribution in [3.8, 4) is 5.75 Å². The Balaban J connectivity index is 1.54. The maximum Gasteiger partial charge on any atom is 0.573 e. The zero-order chi connectivity index (χ0) is 22.2. The molecule has 3 heterocycles. The van der Waals surface area contributed by atoms with E-state index in [1.165, 1.54) is 13.2 Å². The van der Waals surface area contributed by atoms with Gasteiger partial charge < -0.3 is 14.8 Å². The van der Waals surface area contributed by atoms with Crippen LogP contribution < -0.4 is 10.1 Å². The van der Waals surface area contributed by atoms with Gasteiger partial charge in [-0.05, 0) is 31.4 Å². The highest BCUT2D eigenvalue weighted by atomic mass is 19.4. The molecule has 1 aliphatic rings. The Morgan fingerprint density at radius 2 is 2.10 bits per heavy atom. The van der Waals surface area contributed by atoms with Crippen molar-refractivity contribution in [2.45, 2.75) is 38.7 Å². The van der Waals surface area contributed by atoms with E-state index in [1.807, 2.05) is 0 Å². The van der Waals surface area contributed by atoms with Gasteiger partial charge in [-0.1, -0.05) is 0 Å². The number of halogens is 3. The molecular weight excluding hydrogens is 419 g/mol. The molecule has 0 saturated carbocycles. The number of hydrogen-bond acceptors (Lipinski definition) is 6. The molecular formula is C19H18F3N5O4. The van der Waals surface area contributed by atoms with Crippen molar-refractivity contribution >= 4 is 22.8 Å². The second-order valence-corrected chi connectivity index (χ2v) is 6.95. The normalized spacial score (nSPS) is 13.7. The van der Waals surface area contributed by atoms with E-state index in [9.17, 15) is 22.8 Å². The van der Waals surface area contributed by atoms with Crippen LogP contribution in [-0.2, 0) is 24.2 Å². The number of carbonyl (C=O) groups is 2. The number of esters is 1. The summed E-state index contributed by atoms with van der Waals surface area (Å²) in [5.41, 5.74) is 1.72. The number of H-pyrrole nitrogens is 1. The first-order valence-corrected chi connectivity index (χ1v) is 9.46. The molecule has 12 heteroatoms. The monoisotopic (exact) mass is 437 g/mol. The molecule has 2 aromatic heterocycles. The summed E-state index contributed by atoms with van der Waals surface area (Å²) >= 11 is 0. The summed E-state index contributed by atoms with van der Waals surface area (Å²) < 4.78 is 47.6. The van der Waals surface area contributed by atoms with E-state index in [4.69, 9.17) is 4.74 Å². The minimum absolute atomic E-state index is 0.00264. The van der Waals surface area contributed by atoms with Gasteiger partial charge in [-0.3, -0.25) is 14.6 Å². The number of ether oxygens (including phenoxy) is 2. The Morgan fingerprint density at radius 1 is 1.29 bits per heavy atom. The minimum Gasteiger partial charge on any atom is -0.465 e. The molecule has 0 atom stereocenters. The number of aromatic nitrogens is 4. The largest absolute Gasteiger partial charge is 0.573 e. The summed E-state index contributed by atoms with van der Waals surface area (Å²) in [5, 5.41) is 13.8. The molecule has 0 radical (unpaired) electrons. The number of hydrogen-bond donors (Lipinski definition) is 2. The topological polar surface area (TPSA) is 111 Å². The number of benzene rings is 1. The Morgan fingerprint density at radius 3 is 2.84 bits per heavy atom. The second-order valence-electron chi connectivity index (χ2n) is 6.95. The van der Waals surface area contributed by atoms with E-state index < -0.39 is 24.0 Å². The molecule has 0 aliphatic carbocycles. The highest BCUT2D eigenvalue weighted by Crippen LogP contribution is 2.27. The van der Waals surface area contributed by atoms with E-state index in [1.54, 1.807) is 4.68 Å². The van der Waals surface area contributed by atoms with E-state index in [0.29, 0.717) is 29.6 Å². The fraction of sp³-hybridized carbons (Fsp3) is 0.368. The summed E-state index contributed by atoms with van der Waals surface area (Å²) in [4.78, 5) is 24.9. The maximum absolute atomic E-state index is 12.6. The van der Waals surface area contributed by atoms with Crippen LogP contribution in [0, 0.1) is 0 Å². The number of rotatable bonds is 5. The molecule has 1 aliphatic heterocycles. The van der Waals surface area contributed by atoms with Gasteiger partial charge in [0, 0.05) is 18.0 Å². The average molecular weight is 437 g/mol. The van der Waals surface area contributed by atoms with Crippen LogP contribution in [0.5, 0.6) is 5.75 Å². The molecule has 0 bridgehead atoms. The molecule has 164 valence electrons. The SMILES string of the molecule is COC(=O)c1c(CNC(=O)c2n[nH]c3cc(OC(F)(F)F)ccc23)nn2c1CCCC2. The van der Waals surface area contributed by atoms with Crippen LogP contribution in [0.3, 0.4) is 0 Å². The number of methoxy groups -OCH3 is 1. The van der Waals surface area contributed by atoms with E-state index in [0.717, 1.165) is 30.7 Å². The zero-order valence-electron chi connectivity index (χ0n) is 16.4. The number of nitrogens with zero attached hydrogens (tertiary/aromatic N) is 3. The van der Waals surface area contributed by atoms with Gasteiger partial charge in [-0.25, -0.2) is 4.79 Å². The smallest absolute Gasteiger partial charge is 0.465 e. The summed E-state index contributed by atoms with van der Waals surface area (Å²) in [6.45, 7) is 0.645. The van der Waals surface area contributed by atoms with Gasteiger partial charge in [-0.2, -0.15) is 10.2 Å². The van der Waals surface area contributed by atoms with Crippen LogP contribution in [0.25, 0.3) is 10.9 Å². The fourth-order valence-corrected chi connectivity index (χ4v) is 3.62. The number of alkyl halides is 3. The van der Waals surface area contributed by atoms with Gasteiger partial charge in [0.1, 0.15) is 11.3 Å². The van der Waals surface area contributed by atoms with Gasteiger partial charge in [0.2, 0.25) is 0 Å². The van der Waals surface area contributed by atoms with Crippen LogP contribution in [0.2, 0.25) is 0 Å². The lowest BCUT2D eigenvalue weighted by molar-refractivity contribution is -0.274. The van der Waals surface area contributed by atoms with Crippen molar-refractivity contribution in [3.63, 3.8) is 0 Å². The number of aryl methyl sites for hydroxylation is 1. The van der Waals surface area contributed by atoms with Gasteiger partial charge in [0.15, 0.2) is 5.69 Å². The van der Waals surface area contributed by atoms with Gasteiger partial charge in [-0.15, -0.1) is 13.2 Å². The van der Waals surface area contributed by atoms with Crippen molar-refractivity contribution in [1.82, 2.24) is 25.3 Å². The highest BCUT2D eigenvalue weighted by Gasteiger charge is 2.31. The number of amides is 1. The van der Waals surface area contributed by atoms with Crippen molar-refractivity contribution in [3.05, 3.63) is 40.8 Å². The molecule has 0 fully saturated rings. The summed E-state index contributed by atoms with van der Waals surface area (Å²) in [6, 6.07) is 3.51. The Hall–Kier alpha value is -3.57. The first-order chi connectivity index (χ1) is 14.8. The van der Waals surface area contributed by atoms with Crippen LogP contribution in [-0.4, -0.2) is 45.3 Å². The van der Waals surface area contributed by atoms with E-state index in [2.05, 4.69) is 25.3 Å². The van der Waals surface area contributed by atoms with Crippen LogP contribution >= 0.6 is 0 Å². The van der Waals surface area contributed by atoms with Crippen molar-refractivity contribution < 1.29 is 32.2 Å². The standard InChI is InChI=1S/C19H18F3N5O4/c1-30-18(29)15-13(26-27-7-3-2-4-14(15)27)9-23-17(28)16-11-6-5-10(31-19(20,21)22)8-12(11)24-25-16/h5-6,8H,2-4,7,9H2,1H3,(H,23,28)(H,24,25). The zero-order valence-corrected chi connectivity index (χ0v) is 16.4. The van der Waals surface area contributed by atoms with Gasteiger partial charge in [0.25, 0.3) is 5.91 Å². The predicted molar refractivity (Wildman–Crippen MR) is 100 cm³/mol. The minimum atomic E-state index is -4.82. The molecule has 1 amide bonds. The number of nitrogens with one attached hydrogen (secondary N) is 2. The first-order valence-electron chi connectivity index (χ1n) is 9.46. The summed E-state index contributed by atoms with van der Waals surface area (Å²) in [6.07, 6.45) is -2.26. The molecule has 4 rings (SSSR count). The summed E-state index contributed by atoms with van der Waals surface area (Å²) in [7, 11) is 1.28. The van der Waals surface area contributed by atoms with Gasteiger partial charge in [0.05, 0.1) is 30.6 Å². The van der Waals surface area contributed by atoms with E-state index in [-0.39, 0.29) is 17.8 Å². The Labute approximate surface area is 173 Å². The molecule has 0 spiro atoms. The molecule has 1 aromatic carbocycles. The van der Waals surface area contributed by atoms with Crippen LogP contribution in [0.1, 0.15) is 45.1 Å². The third kappa shape index (κ3) is 4.18. The highest BCUT2D eigenvalue weighted by molar-refractivity contribution is 6.05. The molecule has 3 aromatic rings. The fourth-order valence-electron chi connectivity index (χ4n) is 3.62. The van der Waals surface area contributed by atoms with Crippen LogP contribution in [0.4, 0.5) is 13.2 Å². The van der Waals surface area contributed by atoms with Crippen molar-refractivity contribution in [2.75, 3.05) is 7.11 Å². The van der Waals surface area contributed by atoms with Crippen molar-refractivity contribution in [1.29, 1.82) is 0 Å². The molecule has 2 N–H and O–H groups in total. The lowest BCUT2D eigenvalue weighted by Crippen LogP contribution is -2.24. The lowest BCUT2D eigenvalue weighted by atomic mass is 10.0. The van der Waals surface area contributed by atoms with Crippen molar-refractivity contribution in [2.24, 2.45) is 0 Å². The first kappa shape index (κ1) is 20.7.